The largest absolute Gasteiger partial charge is 0.481 e. The summed E-state index contributed by atoms with van der Waals surface area (Å²) in [7, 11) is -1.29. The first kappa shape index (κ1) is 131. The maximum atomic E-state index is 12.8. The van der Waals surface area contributed by atoms with Crippen LogP contribution in [0.4, 0.5) is 0 Å². The molecule has 0 spiro atoms. The molecule has 134 heavy (non-hydrogen) atoms. The Bertz CT molecular complexity index is 3170. The van der Waals surface area contributed by atoms with Crippen LogP contribution >= 0.6 is 8.53 Å². The maximum absolute atomic E-state index is 12.8. The Morgan fingerprint density at radius 2 is 0.672 bits per heavy atom. The second-order valence-corrected chi connectivity index (χ2v) is 39.2. The summed E-state index contributed by atoms with van der Waals surface area (Å²) in [5.41, 5.74) is 0. The van der Waals surface area contributed by atoms with Crippen molar-refractivity contribution in [2.24, 2.45) is 47.3 Å². The zero-order valence-corrected chi connectivity index (χ0v) is 87.8. The Morgan fingerprint density at radius 1 is 0.381 bits per heavy atom. The van der Waals surface area contributed by atoms with Gasteiger partial charge in [-0.15, -0.1) is 0 Å². The summed E-state index contributed by atoms with van der Waals surface area (Å²) in [6, 6.07) is 6.02. The zero-order chi connectivity index (χ0) is 101. The van der Waals surface area contributed by atoms with E-state index < -0.39 is 99.8 Å². The fourth-order valence-corrected chi connectivity index (χ4v) is 18.0. The van der Waals surface area contributed by atoms with Gasteiger partial charge in [-0.05, 0) is 139 Å². The average molecular weight is 1930 g/mol. The molecule has 0 bridgehead atoms. The summed E-state index contributed by atoms with van der Waals surface area (Å²) in [5.74, 6) is -2.23. The highest BCUT2D eigenvalue weighted by Crippen LogP contribution is 2.47. The first-order valence-electron chi connectivity index (χ1n) is 50.1. The molecule has 0 radical (unpaired) electrons. The van der Waals surface area contributed by atoms with Crippen LogP contribution in [0.15, 0.2) is 0 Å². The smallest absolute Gasteiger partial charge is 0.303 e. The molecule has 0 aromatic heterocycles. The van der Waals surface area contributed by atoms with E-state index in [9.17, 15) is 48.3 Å². The molecule has 2 N–H and O–H groups in total. The molecule has 0 amide bonds. The van der Waals surface area contributed by atoms with E-state index in [-0.39, 0.29) is 111 Å². The molecule has 0 aromatic rings. The van der Waals surface area contributed by atoms with E-state index in [2.05, 4.69) is 117 Å². The number of hydrogen-bond acceptors (Lipinski definition) is 31. The number of hydrazine groups is 2. The third-order valence-electron chi connectivity index (χ3n) is 24.2. The van der Waals surface area contributed by atoms with Crippen molar-refractivity contribution in [3.05, 3.63) is 0 Å². The zero-order valence-electron chi connectivity index (χ0n) is 86.9. The van der Waals surface area contributed by atoms with Crippen LogP contribution in [0.1, 0.15) is 380 Å². The number of carbonyl (C=O) groups excluding carboxylic acids is 8. The number of hydrogen-bond donors (Lipinski definition) is 2. The number of nitriles is 2. The molecule has 782 valence electrons. The molecular formula is C101H187N6O26P. The molecule has 0 saturated carbocycles. The lowest BCUT2D eigenvalue weighted by atomic mass is 9.84. The first-order valence-corrected chi connectivity index (χ1v) is 51.3. The lowest BCUT2D eigenvalue weighted by Crippen LogP contribution is -2.61. The van der Waals surface area contributed by atoms with Crippen molar-refractivity contribution in [1.29, 1.82) is 10.5 Å². The van der Waals surface area contributed by atoms with E-state index in [1.165, 1.54) is 41.5 Å². The molecule has 3 saturated heterocycles. The summed E-state index contributed by atoms with van der Waals surface area (Å²) in [6.45, 7) is 53.0. The standard InChI is InChI=1S/C36H65N2O9P.C27H48O8.C22H38O8.C15H32N4O.CH4/c1-10-32(24-45-48(44-22-18-20-37)38(26(2)3)27(4)5)23-33(41)19-16-14-12-11-13-15-17-21-42-36-29(7)28(6)35(46-31(9)40)34(47-36)25-43-30(8)39;1-6-23(17-28)16-24(31)14-12-10-8-7-9-11-13-15-32-27-20(3)19(2)26(34-22(5)30)25(35-27)18-33-21(4)29;1-15-16(2)22(27-13-11-9-7-5-6-8-10-12-20(25)26)30-19(14-28-17(3)23)21(15)29-18(4)24;1-12(2)17(13(3)4)19(20-11-9-10-16)18(14(5)6)15(7)8;/h26-29,32,34-36H,10-19,21-25H2,1-9H3;19-20,23,25-28H,6-18H2,1-5H3;15-16,19,21-22H,5-14H2,1-4H3,(H,25,26);12-15H,9,11H2,1-8H3;1H4. The van der Waals surface area contributed by atoms with Gasteiger partial charge in [0.25, 0.3) is 8.53 Å². The summed E-state index contributed by atoms with van der Waals surface area (Å²) < 4.78 is 82.5. The molecule has 33 heteroatoms. The highest BCUT2D eigenvalue weighted by atomic mass is 31.2. The van der Waals surface area contributed by atoms with Gasteiger partial charge in [-0.25, -0.2) is 4.67 Å². The van der Waals surface area contributed by atoms with Gasteiger partial charge in [-0.3, -0.25) is 48.0 Å². The van der Waals surface area contributed by atoms with E-state index >= 15 is 0 Å². The fraction of sp³-hybridized carbons (Fsp3) is 0.891. The molecule has 3 aliphatic heterocycles. The van der Waals surface area contributed by atoms with Gasteiger partial charge in [0.15, 0.2) is 18.9 Å². The maximum Gasteiger partial charge on any atom is 0.303 e. The second kappa shape index (κ2) is 77.2. The molecule has 3 fully saturated rings. The fourth-order valence-electron chi connectivity index (χ4n) is 16.4. The predicted molar refractivity (Wildman–Crippen MR) is 518 cm³/mol. The number of nitrogens with zero attached hydrogens (tertiary/aromatic N) is 6. The van der Waals surface area contributed by atoms with Gasteiger partial charge in [0.05, 0.1) is 44.8 Å². The Labute approximate surface area is 809 Å². The van der Waals surface area contributed by atoms with Crippen molar-refractivity contribution >= 4 is 61.9 Å². The molecule has 0 aliphatic carbocycles. The van der Waals surface area contributed by atoms with Crippen LogP contribution in [0.25, 0.3) is 0 Å². The van der Waals surface area contributed by atoms with E-state index in [0.717, 1.165) is 148 Å². The number of aliphatic hydroxyl groups is 1. The number of aliphatic hydroxyl groups excluding tert-OH is 1. The topological polar surface area (TPSA) is 393 Å². The number of rotatable bonds is 67. The summed E-state index contributed by atoms with van der Waals surface area (Å²) in [5, 5.41) is 41.7. The summed E-state index contributed by atoms with van der Waals surface area (Å²) >= 11 is 0. The minimum Gasteiger partial charge on any atom is -0.481 e. The lowest BCUT2D eigenvalue weighted by molar-refractivity contribution is -0.417. The number of unbranched alkanes of at least 4 members (excludes halogenated alkanes) is 18. The number of aliphatic carboxylic acids is 1. The third kappa shape index (κ3) is 57.9. The molecule has 18 unspecified atom stereocenters. The number of ketones is 2. The summed E-state index contributed by atoms with van der Waals surface area (Å²) in [4.78, 5) is 109. The minimum absolute atomic E-state index is 0. The Hall–Kier alpha value is -5.52. The van der Waals surface area contributed by atoms with Gasteiger partial charge >= 0.3 is 41.8 Å². The van der Waals surface area contributed by atoms with Crippen LogP contribution in [0, 0.1) is 70.0 Å². The van der Waals surface area contributed by atoms with Gasteiger partial charge < -0.3 is 76.1 Å². The molecule has 18 atom stereocenters. The van der Waals surface area contributed by atoms with Crippen molar-refractivity contribution in [3.8, 4) is 12.1 Å². The van der Waals surface area contributed by atoms with E-state index in [4.69, 9.17) is 86.4 Å². The van der Waals surface area contributed by atoms with Crippen LogP contribution in [0.5, 0.6) is 0 Å². The number of Topliss-reactive ketones (excluding diaryl/α,β-unsaturated/α-hetero) is 2. The van der Waals surface area contributed by atoms with Gasteiger partial charge in [-0.2, -0.15) is 20.5 Å². The second-order valence-electron chi connectivity index (χ2n) is 37.8. The van der Waals surface area contributed by atoms with E-state index in [1.54, 1.807) is 0 Å². The monoisotopic (exact) mass is 1930 g/mol. The summed E-state index contributed by atoms with van der Waals surface area (Å²) in [6.07, 6.45) is 22.0. The van der Waals surface area contributed by atoms with Gasteiger partial charge in [-0.1, -0.05) is 172 Å². The number of carboxylic acids is 1. The molecule has 0 aromatic carbocycles. The lowest BCUT2D eigenvalue weighted by Gasteiger charge is -2.47. The number of carboxylic acid groups (broad SMARTS) is 1. The van der Waals surface area contributed by atoms with Crippen LogP contribution in [0.3, 0.4) is 0 Å². The molecule has 32 nitrogen and oxygen atoms in total. The molecule has 3 aliphatic rings. The van der Waals surface area contributed by atoms with Crippen LogP contribution in [-0.4, -0.2) is 241 Å². The third-order valence-corrected chi connectivity index (χ3v) is 26.2. The van der Waals surface area contributed by atoms with Crippen LogP contribution < -0.4 is 0 Å². The van der Waals surface area contributed by atoms with E-state index in [1.807, 2.05) is 53.7 Å². The van der Waals surface area contributed by atoms with Crippen molar-refractivity contribution in [2.75, 3.05) is 66.1 Å². The van der Waals surface area contributed by atoms with Gasteiger partial charge in [0, 0.05) is 172 Å². The van der Waals surface area contributed by atoms with E-state index in [0.29, 0.717) is 108 Å². The number of ether oxygens (including phenoxy) is 12. The van der Waals surface area contributed by atoms with Gasteiger partial charge in [0.1, 0.15) is 68.0 Å². The first-order chi connectivity index (χ1) is 63.0. The number of carbonyl (C=O) groups is 9. The van der Waals surface area contributed by atoms with Crippen molar-refractivity contribution in [2.45, 2.75) is 472 Å². The van der Waals surface area contributed by atoms with Crippen LogP contribution in [-0.2, 0) is 114 Å². The molecule has 3 heterocycles. The SMILES string of the molecule is C.CC(=O)OCC1OC(OCCCCCCCCCC(=O)O)C(C)C(C)C1OC(C)=O.CC(C)N(C(C)C)N(OCCC#N)N(C(C)C)C(C)C.CCC(CO)CC(=O)CCCCCCCCCOC1OC(COC(C)=O)C(OC(C)=O)C(C)C1C.CCC(COP(OCCC#N)N(C(C)C)C(C)C)CC(=O)CCCCCCCCCOC1OC(COC(C)=O)C(OC(C)=O)C(C)C1C. The normalized spacial score (nSPS) is 22.4. The minimum atomic E-state index is -1.29. The van der Waals surface area contributed by atoms with Crippen molar-refractivity contribution < 1.29 is 124 Å². The van der Waals surface area contributed by atoms with Crippen molar-refractivity contribution in [1.82, 2.24) is 20.0 Å². The average Bonchev–Trinajstić information content (AvgIpc) is 0.814. The number of esters is 6. The van der Waals surface area contributed by atoms with Crippen LogP contribution in [0.2, 0.25) is 0 Å². The predicted octanol–water partition coefficient (Wildman–Crippen LogP) is 20.0. The Morgan fingerprint density at radius 3 is 0.940 bits per heavy atom. The van der Waals surface area contributed by atoms with Gasteiger partial charge in [0.2, 0.25) is 0 Å². The molecule has 3 rings (SSSR count). The highest BCUT2D eigenvalue weighted by Gasteiger charge is 2.48. The Kier molecular flexibility index (Phi) is 75.2. The quantitative estimate of drug-likeness (QED) is 0.0188. The molecular weight excluding hydrogens is 1740 g/mol. The van der Waals surface area contributed by atoms with Crippen molar-refractivity contribution in [3.63, 3.8) is 0 Å². The highest BCUT2D eigenvalue weighted by molar-refractivity contribution is 7.44. The Balaban J connectivity index is 0.